The summed E-state index contributed by atoms with van der Waals surface area (Å²) in [5.41, 5.74) is 0. The molecule has 0 aromatic heterocycles. The van der Waals surface area contributed by atoms with Crippen molar-refractivity contribution in [3.8, 4) is 0 Å². The summed E-state index contributed by atoms with van der Waals surface area (Å²) in [5, 5.41) is 0. The molecule has 34 valence electrons. The maximum atomic E-state index is 8.74. The SMILES string of the molecule is O=S(=O)(O)O.[Ti+2]. The molecule has 0 bridgehead atoms. The maximum Gasteiger partial charge on any atom is 2.00 e. The van der Waals surface area contributed by atoms with E-state index in [-0.39, 0.29) is 21.7 Å². The van der Waals surface area contributed by atoms with Crippen LogP contribution in [0.15, 0.2) is 0 Å². The second-order valence-corrected chi connectivity index (χ2v) is 1.34. The molecule has 0 heterocycles. The molecule has 0 spiro atoms. The Morgan fingerprint density at radius 2 is 1.17 bits per heavy atom. The molecule has 0 fully saturated rings. The third-order valence-corrected chi connectivity index (χ3v) is 0. The molecule has 4 nitrogen and oxygen atoms in total. The van der Waals surface area contributed by atoms with Gasteiger partial charge in [-0.05, 0) is 0 Å². The first-order valence-electron chi connectivity index (χ1n) is 0.698. The second kappa shape index (κ2) is 2.71. The monoisotopic (exact) mass is 146 g/mol. The third-order valence-electron chi connectivity index (χ3n) is 0. The van der Waals surface area contributed by atoms with Crippen LogP contribution in [0.4, 0.5) is 0 Å². The van der Waals surface area contributed by atoms with E-state index < -0.39 is 10.4 Å². The molecule has 0 atom stereocenters. The summed E-state index contributed by atoms with van der Waals surface area (Å²) in [6.45, 7) is 0. The molecule has 0 unspecified atom stereocenters. The van der Waals surface area contributed by atoms with Crippen LogP contribution in [-0.4, -0.2) is 17.5 Å². The van der Waals surface area contributed by atoms with E-state index >= 15 is 0 Å². The van der Waals surface area contributed by atoms with Gasteiger partial charge in [0.2, 0.25) is 0 Å². The molecule has 0 radical (unpaired) electrons. The maximum absolute atomic E-state index is 8.74. The zero-order valence-electron chi connectivity index (χ0n) is 2.62. The van der Waals surface area contributed by atoms with Crippen molar-refractivity contribution in [1.29, 1.82) is 0 Å². The van der Waals surface area contributed by atoms with Gasteiger partial charge in [-0.3, -0.25) is 9.11 Å². The van der Waals surface area contributed by atoms with Gasteiger partial charge in [0.1, 0.15) is 0 Å². The molecule has 0 aliphatic rings. The molecule has 0 aliphatic heterocycles. The average Bonchev–Trinajstić information content (AvgIpc) is 0.722. The van der Waals surface area contributed by atoms with E-state index in [0.29, 0.717) is 0 Å². The minimum atomic E-state index is -4.67. The summed E-state index contributed by atoms with van der Waals surface area (Å²) < 4.78 is 31.6. The van der Waals surface area contributed by atoms with Gasteiger partial charge in [0.25, 0.3) is 0 Å². The molecule has 6 heavy (non-hydrogen) atoms. The Labute approximate surface area is 50.0 Å². The van der Waals surface area contributed by atoms with Gasteiger partial charge in [-0.15, -0.1) is 0 Å². The molecule has 0 aromatic carbocycles. The molecule has 0 aromatic rings. The molecule has 6 heteroatoms. The van der Waals surface area contributed by atoms with Gasteiger partial charge < -0.3 is 0 Å². The Kier molecular flexibility index (Phi) is 4.41. The van der Waals surface area contributed by atoms with E-state index in [1.54, 1.807) is 0 Å². The Bertz CT molecular complexity index is 90.7. The third kappa shape index (κ3) is 173. The largest absolute Gasteiger partial charge is 2.00 e. The van der Waals surface area contributed by atoms with Gasteiger partial charge in [0.15, 0.2) is 0 Å². The van der Waals surface area contributed by atoms with Crippen molar-refractivity contribution in [2.24, 2.45) is 0 Å². The fourth-order valence-corrected chi connectivity index (χ4v) is 0. The molecule has 2 N–H and O–H groups in total. The van der Waals surface area contributed by atoms with Crippen LogP contribution >= 0.6 is 0 Å². The van der Waals surface area contributed by atoms with Crippen molar-refractivity contribution in [2.75, 3.05) is 0 Å². The molecule has 0 rings (SSSR count). The van der Waals surface area contributed by atoms with Crippen LogP contribution in [-0.2, 0) is 32.1 Å². The summed E-state index contributed by atoms with van der Waals surface area (Å²) in [6, 6.07) is 0. The van der Waals surface area contributed by atoms with Crippen LogP contribution < -0.4 is 0 Å². The number of hydrogen-bond acceptors (Lipinski definition) is 2. The Hall–Kier alpha value is 0.584. The van der Waals surface area contributed by atoms with Gasteiger partial charge in [-0.1, -0.05) is 0 Å². The van der Waals surface area contributed by atoms with E-state index in [2.05, 4.69) is 0 Å². The van der Waals surface area contributed by atoms with Crippen molar-refractivity contribution in [1.82, 2.24) is 0 Å². The van der Waals surface area contributed by atoms with E-state index in [1.165, 1.54) is 0 Å². The predicted molar refractivity (Wildman–Crippen MR) is 14.2 cm³/mol. The molecule has 0 amide bonds. The van der Waals surface area contributed by atoms with Gasteiger partial charge >= 0.3 is 32.1 Å². The predicted octanol–water partition coefficient (Wildman–Crippen LogP) is -0.655. The van der Waals surface area contributed by atoms with Crippen molar-refractivity contribution in [3.63, 3.8) is 0 Å². The standard InChI is InChI=1S/H2O4S.Ti/c1-5(2,3)4;/h(H2,1,2,3,4);/q;+2. The fraction of sp³-hybridized carbons (Fsp3) is 0. The summed E-state index contributed by atoms with van der Waals surface area (Å²) in [4.78, 5) is 0. The van der Waals surface area contributed by atoms with Crippen LogP contribution in [0.5, 0.6) is 0 Å². The molecular weight excluding hydrogens is 144 g/mol. The minimum absolute atomic E-state index is 0. The molecule has 0 saturated carbocycles. The average molecular weight is 146 g/mol. The quantitative estimate of drug-likeness (QED) is 0.351. The normalized spacial score (nSPS) is 9.67. The first kappa shape index (κ1) is 9.77. The van der Waals surface area contributed by atoms with E-state index in [1.807, 2.05) is 0 Å². The van der Waals surface area contributed by atoms with Gasteiger partial charge in [0.05, 0.1) is 0 Å². The summed E-state index contributed by atoms with van der Waals surface area (Å²) >= 11 is 0. The van der Waals surface area contributed by atoms with Gasteiger partial charge in [-0.2, -0.15) is 8.42 Å². The number of rotatable bonds is 0. The first-order valence-corrected chi connectivity index (χ1v) is 2.10. The van der Waals surface area contributed by atoms with Crippen LogP contribution in [0.1, 0.15) is 0 Å². The topological polar surface area (TPSA) is 74.6 Å². The molecular formula is H2O4STi+2. The van der Waals surface area contributed by atoms with Gasteiger partial charge in [-0.25, -0.2) is 0 Å². The van der Waals surface area contributed by atoms with E-state index in [4.69, 9.17) is 17.5 Å². The first-order chi connectivity index (χ1) is 2.00. The smallest absolute Gasteiger partial charge is 0.264 e. The summed E-state index contributed by atoms with van der Waals surface area (Å²) in [6.07, 6.45) is 0. The Balaban J connectivity index is 0. The van der Waals surface area contributed by atoms with Crippen molar-refractivity contribution in [2.45, 2.75) is 0 Å². The van der Waals surface area contributed by atoms with E-state index in [0.717, 1.165) is 0 Å². The van der Waals surface area contributed by atoms with Gasteiger partial charge in [0, 0.05) is 0 Å². The second-order valence-electron chi connectivity index (χ2n) is 0.448. The van der Waals surface area contributed by atoms with Crippen molar-refractivity contribution >= 4 is 10.4 Å². The Morgan fingerprint density at radius 1 is 1.17 bits per heavy atom. The van der Waals surface area contributed by atoms with Crippen LogP contribution in [0.2, 0.25) is 0 Å². The molecule has 0 saturated heterocycles. The zero-order chi connectivity index (χ0) is 4.50. The summed E-state index contributed by atoms with van der Waals surface area (Å²) in [7, 11) is -4.67. The number of hydrogen-bond donors (Lipinski definition) is 2. The van der Waals surface area contributed by atoms with Crippen LogP contribution in [0.25, 0.3) is 0 Å². The zero-order valence-corrected chi connectivity index (χ0v) is 5.00. The van der Waals surface area contributed by atoms with Crippen molar-refractivity contribution < 1.29 is 39.2 Å². The van der Waals surface area contributed by atoms with Crippen molar-refractivity contribution in [3.05, 3.63) is 0 Å². The van der Waals surface area contributed by atoms with E-state index in [9.17, 15) is 0 Å². The fourth-order valence-electron chi connectivity index (χ4n) is 0. The summed E-state index contributed by atoms with van der Waals surface area (Å²) in [5.74, 6) is 0. The van der Waals surface area contributed by atoms with Crippen LogP contribution in [0, 0.1) is 0 Å². The molecule has 0 aliphatic carbocycles. The minimum Gasteiger partial charge on any atom is -0.264 e. The van der Waals surface area contributed by atoms with Crippen LogP contribution in [0.3, 0.4) is 0 Å². The Morgan fingerprint density at radius 3 is 1.17 bits per heavy atom.